The normalized spacial score (nSPS) is 18.6. The van der Waals surface area contributed by atoms with Crippen molar-refractivity contribution in [1.82, 2.24) is 10.2 Å². The number of carbonyl (C=O) groups excluding carboxylic acids is 1. The molecule has 0 unspecified atom stereocenters. The molecule has 162 valence electrons. The Morgan fingerprint density at radius 2 is 1.76 bits per heavy atom. The first-order valence-electron chi connectivity index (χ1n) is 10.6. The Labute approximate surface area is 176 Å². The number of ether oxygens (including phenoxy) is 2. The number of nitrogens with one attached hydrogen (secondary N) is 1. The number of carbonyl (C=O) groups is 1. The fourth-order valence-corrected chi connectivity index (χ4v) is 4.51. The monoisotopic (exact) mass is 402 g/mol. The number of methoxy groups -OCH3 is 2. The molecule has 0 bridgehead atoms. The van der Waals surface area contributed by atoms with Crippen molar-refractivity contribution in [2.45, 2.75) is 77.4 Å². The first-order valence-corrected chi connectivity index (χ1v) is 10.6. The fourth-order valence-electron chi connectivity index (χ4n) is 4.51. The van der Waals surface area contributed by atoms with Crippen LogP contribution in [-0.4, -0.2) is 48.7 Å². The van der Waals surface area contributed by atoms with E-state index in [1.165, 1.54) is 0 Å². The van der Waals surface area contributed by atoms with E-state index >= 15 is 0 Å². The third-order valence-corrected chi connectivity index (χ3v) is 5.47. The molecule has 0 aliphatic carbocycles. The molecule has 1 aromatic rings. The Morgan fingerprint density at radius 3 is 2.31 bits per heavy atom. The molecule has 1 heterocycles. The third kappa shape index (κ3) is 6.49. The summed E-state index contributed by atoms with van der Waals surface area (Å²) in [5, 5.41) is 3.71. The van der Waals surface area contributed by atoms with Crippen LogP contribution in [0.25, 0.3) is 6.08 Å². The zero-order chi connectivity index (χ0) is 21.7. The van der Waals surface area contributed by atoms with Crippen molar-refractivity contribution in [3.05, 3.63) is 29.8 Å². The van der Waals surface area contributed by atoms with Crippen LogP contribution in [0.3, 0.4) is 0 Å². The van der Waals surface area contributed by atoms with E-state index in [0.717, 1.165) is 37.8 Å². The summed E-state index contributed by atoms with van der Waals surface area (Å²) in [6.07, 6.45) is 7.55. The molecule has 1 aromatic carbocycles. The molecule has 5 heteroatoms. The quantitative estimate of drug-likeness (QED) is 0.643. The minimum atomic E-state index is 0.00419. The van der Waals surface area contributed by atoms with Gasteiger partial charge in [-0.05, 0) is 70.7 Å². The van der Waals surface area contributed by atoms with Crippen LogP contribution in [0.4, 0.5) is 0 Å². The molecule has 1 amide bonds. The lowest BCUT2D eigenvalue weighted by Gasteiger charge is -2.49. The maximum Gasteiger partial charge on any atom is 0.246 e. The van der Waals surface area contributed by atoms with E-state index in [0.29, 0.717) is 11.5 Å². The summed E-state index contributed by atoms with van der Waals surface area (Å²) in [5.41, 5.74) is 0.923. The van der Waals surface area contributed by atoms with Crippen molar-refractivity contribution >= 4 is 12.0 Å². The van der Waals surface area contributed by atoms with Crippen LogP contribution < -0.4 is 14.8 Å². The van der Waals surface area contributed by atoms with E-state index < -0.39 is 0 Å². The van der Waals surface area contributed by atoms with E-state index in [1.807, 2.05) is 24.3 Å². The summed E-state index contributed by atoms with van der Waals surface area (Å²) >= 11 is 0. The van der Waals surface area contributed by atoms with Crippen LogP contribution in [0.5, 0.6) is 11.5 Å². The Bertz CT molecular complexity index is 709. The molecule has 0 aromatic heterocycles. The summed E-state index contributed by atoms with van der Waals surface area (Å²) < 4.78 is 10.7. The number of piperidine rings is 1. The highest BCUT2D eigenvalue weighted by molar-refractivity contribution is 5.92. The standard InChI is InChI=1S/C24H38N2O3/c1-8-9-14-26(19-16-23(2,3)25-24(4,5)17-19)22(27)13-11-18-10-12-20(28-6)21(15-18)29-7/h10-13,15,19,25H,8-9,14,16-17H2,1-7H3/b13-11+. The summed E-state index contributed by atoms with van der Waals surface area (Å²) in [4.78, 5) is 15.3. The van der Waals surface area contributed by atoms with E-state index in [1.54, 1.807) is 20.3 Å². The lowest BCUT2D eigenvalue weighted by molar-refractivity contribution is -0.130. The first-order chi connectivity index (χ1) is 13.6. The predicted octanol–water partition coefficient (Wildman–Crippen LogP) is 4.65. The smallest absolute Gasteiger partial charge is 0.246 e. The number of rotatable bonds is 8. The molecular weight excluding hydrogens is 364 g/mol. The van der Waals surface area contributed by atoms with Crippen molar-refractivity contribution in [3.63, 3.8) is 0 Å². The number of unbranched alkanes of at least 4 members (excludes halogenated alkanes) is 1. The van der Waals surface area contributed by atoms with Crippen LogP contribution in [0.2, 0.25) is 0 Å². The molecule has 1 N–H and O–H groups in total. The summed E-state index contributed by atoms with van der Waals surface area (Å²) in [7, 11) is 3.23. The Kier molecular flexibility index (Phi) is 7.75. The van der Waals surface area contributed by atoms with Gasteiger partial charge in [0.25, 0.3) is 0 Å². The van der Waals surface area contributed by atoms with Gasteiger partial charge in [-0.2, -0.15) is 0 Å². The first kappa shape index (κ1) is 23.3. The van der Waals surface area contributed by atoms with E-state index in [2.05, 4.69) is 44.8 Å². The second kappa shape index (κ2) is 9.66. The molecule has 1 fully saturated rings. The second-order valence-electron chi connectivity index (χ2n) is 9.29. The van der Waals surface area contributed by atoms with Gasteiger partial charge in [-0.1, -0.05) is 19.4 Å². The van der Waals surface area contributed by atoms with Crippen molar-refractivity contribution in [2.75, 3.05) is 20.8 Å². The highest BCUT2D eigenvalue weighted by Gasteiger charge is 2.40. The van der Waals surface area contributed by atoms with Crippen LogP contribution in [0.1, 0.15) is 65.9 Å². The maximum absolute atomic E-state index is 13.2. The van der Waals surface area contributed by atoms with E-state index in [-0.39, 0.29) is 23.0 Å². The molecule has 1 aliphatic heterocycles. The minimum Gasteiger partial charge on any atom is -0.493 e. The largest absolute Gasteiger partial charge is 0.493 e. The highest BCUT2D eigenvalue weighted by atomic mass is 16.5. The summed E-state index contributed by atoms with van der Waals surface area (Å²) in [6, 6.07) is 5.90. The third-order valence-electron chi connectivity index (χ3n) is 5.47. The maximum atomic E-state index is 13.2. The number of hydrogen-bond acceptors (Lipinski definition) is 4. The average molecular weight is 403 g/mol. The van der Waals surface area contributed by atoms with Gasteiger partial charge in [-0.25, -0.2) is 0 Å². The molecule has 0 saturated carbocycles. The van der Waals surface area contributed by atoms with Crippen molar-refractivity contribution < 1.29 is 14.3 Å². The molecular formula is C24H38N2O3. The number of benzene rings is 1. The highest BCUT2D eigenvalue weighted by Crippen LogP contribution is 2.32. The Hall–Kier alpha value is -2.01. The van der Waals surface area contributed by atoms with Gasteiger partial charge in [0.05, 0.1) is 14.2 Å². The Morgan fingerprint density at radius 1 is 1.14 bits per heavy atom. The van der Waals surface area contributed by atoms with E-state index in [9.17, 15) is 4.79 Å². The number of nitrogens with zero attached hydrogens (tertiary/aromatic N) is 1. The lowest BCUT2D eigenvalue weighted by Crippen LogP contribution is -2.62. The van der Waals surface area contributed by atoms with Crippen LogP contribution in [0, 0.1) is 0 Å². The van der Waals surface area contributed by atoms with Gasteiger partial charge in [0.2, 0.25) is 5.91 Å². The second-order valence-corrected chi connectivity index (χ2v) is 9.29. The number of hydrogen-bond donors (Lipinski definition) is 1. The van der Waals surface area contributed by atoms with Gasteiger partial charge in [0, 0.05) is 29.7 Å². The number of amides is 1. The molecule has 0 radical (unpaired) electrons. The van der Waals surface area contributed by atoms with Gasteiger partial charge >= 0.3 is 0 Å². The van der Waals surface area contributed by atoms with Gasteiger partial charge in [-0.3, -0.25) is 4.79 Å². The molecule has 1 aliphatic rings. The lowest BCUT2D eigenvalue weighted by atomic mass is 9.79. The zero-order valence-electron chi connectivity index (χ0n) is 19.2. The predicted molar refractivity (Wildman–Crippen MR) is 120 cm³/mol. The molecule has 0 spiro atoms. The van der Waals surface area contributed by atoms with E-state index in [4.69, 9.17) is 9.47 Å². The molecule has 0 atom stereocenters. The van der Waals surface area contributed by atoms with Crippen LogP contribution >= 0.6 is 0 Å². The topological polar surface area (TPSA) is 50.8 Å². The van der Waals surface area contributed by atoms with Gasteiger partial charge < -0.3 is 19.7 Å². The summed E-state index contributed by atoms with van der Waals surface area (Å²) in [5.74, 6) is 1.42. The summed E-state index contributed by atoms with van der Waals surface area (Å²) in [6.45, 7) is 11.9. The molecule has 2 rings (SSSR count). The van der Waals surface area contributed by atoms with Crippen LogP contribution in [0.15, 0.2) is 24.3 Å². The molecule has 5 nitrogen and oxygen atoms in total. The minimum absolute atomic E-state index is 0.00419. The molecule has 29 heavy (non-hydrogen) atoms. The van der Waals surface area contributed by atoms with Crippen molar-refractivity contribution in [1.29, 1.82) is 0 Å². The Balaban J connectivity index is 2.21. The van der Waals surface area contributed by atoms with Crippen LogP contribution in [-0.2, 0) is 4.79 Å². The van der Waals surface area contributed by atoms with Gasteiger partial charge in [0.15, 0.2) is 11.5 Å². The zero-order valence-corrected chi connectivity index (χ0v) is 19.2. The average Bonchev–Trinajstić information content (AvgIpc) is 2.63. The van der Waals surface area contributed by atoms with Gasteiger partial charge in [0.1, 0.15) is 0 Å². The molecule has 1 saturated heterocycles. The fraction of sp³-hybridized carbons (Fsp3) is 0.625. The van der Waals surface area contributed by atoms with Crippen molar-refractivity contribution in [2.24, 2.45) is 0 Å². The SMILES string of the molecule is CCCCN(C(=O)/C=C/c1ccc(OC)c(OC)c1)C1CC(C)(C)NC(C)(C)C1. The van der Waals surface area contributed by atoms with Crippen molar-refractivity contribution in [3.8, 4) is 11.5 Å². The van der Waals surface area contributed by atoms with Gasteiger partial charge in [-0.15, -0.1) is 0 Å².